The summed E-state index contributed by atoms with van der Waals surface area (Å²) in [6.45, 7) is 3.65. The van der Waals surface area contributed by atoms with Gasteiger partial charge in [-0.25, -0.2) is 13.4 Å². The number of anilines is 1. The molecule has 0 fully saturated rings. The van der Waals surface area contributed by atoms with E-state index in [2.05, 4.69) is 25.6 Å². The van der Waals surface area contributed by atoms with Crippen LogP contribution in [0.15, 0.2) is 20.9 Å². The summed E-state index contributed by atoms with van der Waals surface area (Å²) in [5.41, 5.74) is 0. The maximum atomic E-state index is 12.1. The Bertz CT molecular complexity index is 645. The highest BCUT2D eigenvalue weighted by molar-refractivity contribution is 9.11. The van der Waals surface area contributed by atoms with Gasteiger partial charge in [0.1, 0.15) is 4.90 Å². The van der Waals surface area contributed by atoms with Crippen LogP contribution >= 0.6 is 38.6 Å². The molecule has 1 N–H and O–H groups in total. The van der Waals surface area contributed by atoms with Crippen LogP contribution in [0.3, 0.4) is 0 Å². The summed E-state index contributed by atoms with van der Waals surface area (Å²) in [5, 5.41) is 0.393. The number of aryl methyl sites for hydroxylation is 2. The molecule has 0 aliphatic rings. The third-order valence-electron chi connectivity index (χ3n) is 1.97. The van der Waals surface area contributed by atoms with E-state index in [4.69, 9.17) is 0 Å². The van der Waals surface area contributed by atoms with Crippen molar-refractivity contribution in [3.8, 4) is 0 Å². The molecule has 0 aromatic carbocycles. The molecule has 17 heavy (non-hydrogen) atoms. The average Bonchev–Trinajstić information content (AvgIpc) is 2.72. The van der Waals surface area contributed by atoms with Gasteiger partial charge in [-0.15, -0.1) is 22.7 Å². The van der Waals surface area contributed by atoms with Crippen LogP contribution in [-0.2, 0) is 10.0 Å². The lowest BCUT2D eigenvalue weighted by Crippen LogP contribution is -2.12. The molecular weight excluding hydrogens is 344 g/mol. The zero-order chi connectivity index (χ0) is 12.6. The van der Waals surface area contributed by atoms with Crippen LogP contribution in [0.25, 0.3) is 0 Å². The number of thiazole rings is 1. The molecular formula is C9H9BrN2O2S3. The number of rotatable bonds is 3. The van der Waals surface area contributed by atoms with E-state index in [1.54, 1.807) is 19.2 Å². The fourth-order valence-corrected chi connectivity index (χ4v) is 5.59. The van der Waals surface area contributed by atoms with E-state index in [0.717, 1.165) is 13.5 Å². The number of nitrogens with one attached hydrogen (secondary N) is 1. The minimum atomic E-state index is -3.53. The number of sulfonamides is 1. The lowest BCUT2D eigenvalue weighted by atomic mass is 10.5. The number of halogens is 1. The Morgan fingerprint density at radius 3 is 2.53 bits per heavy atom. The van der Waals surface area contributed by atoms with Crippen molar-refractivity contribution in [2.45, 2.75) is 18.7 Å². The molecule has 0 unspecified atom stereocenters. The van der Waals surface area contributed by atoms with E-state index in [9.17, 15) is 8.42 Å². The van der Waals surface area contributed by atoms with Gasteiger partial charge in [0.15, 0.2) is 5.13 Å². The molecule has 2 aromatic heterocycles. The van der Waals surface area contributed by atoms with Crippen molar-refractivity contribution in [1.82, 2.24) is 4.98 Å². The van der Waals surface area contributed by atoms with Crippen molar-refractivity contribution >= 4 is 53.8 Å². The smallest absolute Gasteiger partial charge is 0.255 e. The van der Waals surface area contributed by atoms with Gasteiger partial charge in [0.2, 0.25) is 0 Å². The normalized spacial score (nSPS) is 11.7. The summed E-state index contributed by atoms with van der Waals surface area (Å²) in [6.07, 6.45) is 1.64. The van der Waals surface area contributed by atoms with Gasteiger partial charge in [0.25, 0.3) is 10.0 Å². The topological polar surface area (TPSA) is 59.1 Å². The molecule has 2 heterocycles. The van der Waals surface area contributed by atoms with E-state index in [1.807, 2.05) is 6.92 Å². The standard InChI is InChI=1S/C9H9BrN2O2S3/c1-5-4-11-9(15-5)12-17(13,14)7-3-8(10)16-6(7)2/h3-4H,1-2H3,(H,11,12). The van der Waals surface area contributed by atoms with Gasteiger partial charge in [0.05, 0.1) is 3.79 Å². The molecule has 0 bridgehead atoms. The molecule has 0 atom stereocenters. The Labute approximate surface area is 116 Å². The lowest BCUT2D eigenvalue weighted by molar-refractivity contribution is 0.601. The average molecular weight is 353 g/mol. The predicted octanol–water partition coefficient (Wildman–Crippen LogP) is 3.38. The number of aromatic nitrogens is 1. The van der Waals surface area contributed by atoms with Gasteiger partial charge in [-0.1, -0.05) is 0 Å². The fraction of sp³-hybridized carbons (Fsp3) is 0.222. The Balaban J connectivity index is 2.34. The first-order chi connectivity index (χ1) is 7.88. The number of hydrogen-bond acceptors (Lipinski definition) is 5. The van der Waals surface area contributed by atoms with Crippen molar-refractivity contribution in [2.75, 3.05) is 4.72 Å². The largest absolute Gasteiger partial charge is 0.264 e. The molecule has 8 heteroatoms. The quantitative estimate of drug-likeness (QED) is 0.920. The molecule has 0 saturated heterocycles. The fourth-order valence-electron chi connectivity index (χ4n) is 1.27. The molecule has 0 amide bonds. The highest BCUT2D eigenvalue weighted by atomic mass is 79.9. The van der Waals surface area contributed by atoms with Crippen LogP contribution in [0.4, 0.5) is 5.13 Å². The summed E-state index contributed by atoms with van der Waals surface area (Å²) in [5.74, 6) is 0. The van der Waals surface area contributed by atoms with Crippen molar-refractivity contribution < 1.29 is 8.42 Å². The Morgan fingerprint density at radius 1 is 1.35 bits per heavy atom. The van der Waals surface area contributed by atoms with Crippen LogP contribution < -0.4 is 4.72 Å². The van der Waals surface area contributed by atoms with Crippen LogP contribution in [0.5, 0.6) is 0 Å². The molecule has 0 aliphatic heterocycles. The highest BCUT2D eigenvalue weighted by Crippen LogP contribution is 2.31. The van der Waals surface area contributed by atoms with E-state index >= 15 is 0 Å². The minimum Gasteiger partial charge on any atom is -0.255 e. The van der Waals surface area contributed by atoms with E-state index < -0.39 is 10.0 Å². The van der Waals surface area contributed by atoms with Gasteiger partial charge in [-0.05, 0) is 35.8 Å². The first-order valence-electron chi connectivity index (χ1n) is 4.59. The summed E-state index contributed by atoms with van der Waals surface area (Å²) >= 11 is 5.98. The maximum absolute atomic E-state index is 12.1. The molecule has 0 aliphatic carbocycles. The number of hydrogen-bond donors (Lipinski definition) is 1. The van der Waals surface area contributed by atoms with Crippen molar-refractivity contribution in [1.29, 1.82) is 0 Å². The summed E-state index contributed by atoms with van der Waals surface area (Å²) < 4.78 is 27.4. The molecule has 0 radical (unpaired) electrons. The Hall–Kier alpha value is -0.440. The van der Waals surface area contributed by atoms with Crippen molar-refractivity contribution in [2.24, 2.45) is 0 Å². The number of thiophene rings is 1. The third kappa shape index (κ3) is 2.87. The monoisotopic (exact) mass is 352 g/mol. The van der Waals surface area contributed by atoms with Crippen LogP contribution in [-0.4, -0.2) is 13.4 Å². The Kier molecular flexibility index (Phi) is 3.58. The van der Waals surface area contributed by atoms with Gasteiger partial charge in [-0.2, -0.15) is 0 Å². The summed E-state index contributed by atoms with van der Waals surface area (Å²) in [6, 6.07) is 1.60. The van der Waals surface area contributed by atoms with Crippen LogP contribution in [0.2, 0.25) is 0 Å². The van der Waals surface area contributed by atoms with Gasteiger partial charge in [0, 0.05) is 16.0 Å². The molecule has 92 valence electrons. The molecule has 2 aromatic rings. The zero-order valence-electron chi connectivity index (χ0n) is 9.02. The van der Waals surface area contributed by atoms with Crippen molar-refractivity contribution in [3.63, 3.8) is 0 Å². The molecule has 2 rings (SSSR count). The lowest BCUT2D eigenvalue weighted by Gasteiger charge is -2.03. The molecule has 0 spiro atoms. The molecule has 4 nitrogen and oxygen atoms in total. The second-order valence-electron chi connectivity index (χ2n) is 3.35. The summed E-state index contributed by atoms with van der Waals surface area (Å²) in [4.78, 5) is 5.99. The maximum Gasteiger partial charge on any atom is 0.264 e. The van der Waals surface area contributed by atoms with E-state index in [1.165, 1.54) is 22.7 Å². The van der Waals surface area contributed by atoms with Crippen LogP contribution in [0.1, 0.15) is 9.75 Å². The first-order valence-corrected chi connectivity index (χ1v) is 8.50. The second kappa shape index (κ2) is 4.68. The first kappa shape index (κ1) is 13.0. The van der Waals surface area contributed by atoms with Crippen LogP contribution in [0, 0.1) is 13.8 Å². The predicted molar refractivity (Wildman–Crippen MR) is 74.4 cm³/mol. The summed E-state index contributed by atoms with van der Waals surface area (Å²) in [7, 11) is -3.53. The van der Waals surface area contributed by atoms with Crippen molar-refractivity contribution in [3.05, 3.63) is 25.8 Å². The second-order valence-corrected chi connectivity index (χ2v) is 8.87. The van der Waals surface area contributed by atoms with Gasteiger partial charge in [-0.3, -0.25) is 4.72 Å². The third-order valence-corrected chi connectivity index (χ3v) is 6.08. The van der Waals surface area contributed by atoms with E-state index in [-0.39, 0.29) is 0 Å². The Morgan fingerprint density at radius 2 is 2.06 bits per heavy atom. The zero-order valence-corrected chi connectivity index (χ0v) is 13.1. The highest BCUT2D eigenvalue weighted by Gasteiger charge is 2.20. The molecule has 0 saturated carbocycles. The number of nitrogens with zero attached hydrogens (tertiary/aromatic N) is 1. The van der Waals surface area contributed by atoms with E-state index in [0.29, 0.717) is 10.0 Å². The van der Waals surface area contributed by atoms with Gasteiger partial charge >= 0.3 is 0 Å². The minimum absolute atomic E-state index is 0.294. The van der Waals surface area contributed by atoms with Gasteiger partial charge < -0.3 is 0 Å². The SMILES string of the molecule is Cc1cnc(NS(=O)(=O)c2cc(Br)sc2C)s1.